The molecule has 3 N–H and O–H groups in total. The van der Waals surface area contributed by atoms with Crippen molar-refractivity contribution in [2.75, 3.05) is 12.3 Å². The lowest BCUT2D eigenvalue weighted by Crippen LogP contribution is -2.27. The molecule has 1 saturated heterocycles. The topological polar surface area (TPSA) is 55.9 Å². The van der Waals surface area contributed by atoms with E-state index < -0.39 is 0 Å². The van der Waals surface area contributed by atoms with Crippen molar-refractivity contribution >= 4 is 17.0 Å². The smallest absolute Gasteiger partial charge is 0.201 e. The molecule has 0 amide bonds. The van der Waals surface area contributed by atoms with Crippen LogP contribution in [0, 0.1) is 6.92 Å². The minimum atomic E-state index is 0.537. The van der Waals surface area contributed by atoms with E-state index in [2.05, 4.69) is 40.0 Å². The Balaban J connectivity index is 2.02. The predicted octanol–water partition coefficient (Wildman–Crippen LogP) is 1.68. The summed E-state index contributed by atoms with van der Waals surface area (Å²) in [4.78, 5) is 4.47. The number of aromatic nitrogens is 2. The Hall–Kier alpha value is -1.55. The maximum Gasteiger partial charge on any atom is 0.201 e. The van der Waals surface area contributed by atoms with Gasteiger partial charge in [-0.3, -0.25) is 0 Å². The van der Waals surface area contributed by atoms with Crippen molar-refractivity contribution in [2.45, 2.75) is 32.4 Å². The molecule has 0 bridgehead atoms. The zero-order valence-electron chi connectivity index (χ0n) is 10.1. The standard InChI is InChI=1S/C13H18N4/c1-9-4-2-6-11-12(9)16-13(14)17(11)8-10-5-3-7-15-10/h2,4,6,10,15H,3,5,7-8H2,1H3,(H2,14,16). The maximum atomic E-state index is 6.02. The summed E-state index contributed by atoms with van der Waals surface area (Å²) in [5.74, 6) is 0.628. The lowest BCUT2D eigenvalue weighted by Gasteiger charge is -2.13. The van der Waals surface area contributed by atoms with Crippen LogP contribution in [-0.4, -0.2) is 22.1 Å². The number of nitrogens with zero attached hydrogens (tertiary/aromatic N) is 2. The van der Waals surface area contributed by atoms with E-state index >= 15 is 0 Å². The quantitative estimate of drug-likeness (QED) is 0.825. The number of rotatable bonds is 2. The number of nitrogen functional groups attached to an aromatic ring is 1. The molecule has 2 aromatic rings. The highest BCUT2D eigenvalue weighted by Crippen LogP contribution is 2.22. The molecule has 4 heteroatoms. The Morgan fingerprint density at radius 3 is 3.18 bits per heavy atom. The fourth-order valence-corrected chi connectivity index (χ4v) is 2.63. The predicted molar refractivity (Wildman–Crippen MR) is 69.9 cm³/mol. The number of fused-ring (bicyclic) bond motifs is 1. The fourth-order valence-electron chi connectivity index (χ4n) is 2.63. The van der Waals surface area contributed by atoms with Crippen LogP contribution in [0.3, 0.4) is 0 Å². The van der Waals surface area contributed by atoms with Crippen LogP contribution in [0.15, 0.2) is 18.2 Å². The van der Waals surface area contributed by atoms with Gasteiger partial charge in [0.2, 0.25) is 5.95 Å². The molecule has 1 aromatic carbocycles. The van der Waals surface area contributed by atoms with Gasteiger partial charge in [-0.05, 0) is 37.9 Å². The van der Waals surface area contributed by atoms with Gasteiger partial charge in [-0.1, -0.05) is 12.1 Å². The molecule has 1 atom stereocenters. The van der Waals surface area contributed by atoms with E-state index in [1.807, 2.05) is 0 Å². The number of benzene rings is 1. The van der Waals surface area contributed by atoms with Gasteiger partial charge < -0.3 is 15.6 Å². The normalized spacial score (nSPS) is 20.2. The molecule has 17 heavy (non-hydrogen) atoms. The molecule has 90 valence electrons. The van der Waals surface area contributed by atoms with E-state index in [0.717, 1.165) is 24.1 Å². The van der Waals surface area contributed by atoms with Crippen molar-refractivity contribution in [1.29, 1.82) is 0 Å². The van der Waals surface area contributed by atoms with Gasteiger partial charge in [-0.15, -0.1) is 0 Å². The van der Waals surface area contributed by atoms with E-state index in [4.69, 9.17) is 5.73 Å². The number of nitrogens with two attached hydrogens (primary N) is 1. The molecule has 2 heterocycles. The van der Waals surface area contributed by atoms with Crippen molar-refractivity contribution in [3.8, 4) is 0 Å². The summed E-state index contributed by atoms with van der Waals surface area (Å²) >= 11 is 0. The summed E-state index contributed by atoms with van der Waals surface area (Å²) in [5.41, 5.74) is 9.39. The summed E-state index contributed by atoms with van der Waals surface area (Å²) in [7, 11) is 0. The lowest BCUT2D eigenvalue weighted by molar-refractivity contribution is 0.521. The van der Waals surface area contributed by atoms with E-state index in [1.54, 1.807) is 0 Å². The minimum Gasteiger partial charge on any atom is -0.369 e. The number of aryl methyl sites for hydroxylation is 1. The molecule has 1 aliphatic rings. The number of hydrogen-bond donors (Lipinski definition) is 2. The first kappa shape index (κ1) is 10.6. The van der Waals surface area contributed by atoms with Gasteiger partial charge in [-0.2, -0.15) is 0 Å². The number of para-hydroxylation sites is 1. The van der Waals surface area contributed by atoms with E-state index in [0.29, 0.717) is 12.0 Å². The summed E-state index contributed by atoms with van der Waals surface area (Å²) in [6.07, 6.45) is 2.49. The fraction of sp³-hybridized carbons (Fsp3) is 0.462. The van der Waals surface area contributed by atoms with Crippen molar-refractivity contribution in [2.24, 2.45) is 0 Å². The first-order chi connectivity index (χ1) is 8.25. The highest BCUT2D eigenvalue weighted by atomic mass is 15.2. The van der Waals surface area contributed by atoms with Crippen LogP contribution in [0.2, 0.25) is 0 Å². The molecular weight excluding hydrogens is 212 g/mol. The largest absolute Gasteiger partial charge is 0.369 e. The Bertz CT molecular complexity index is 538. The molecule has 0 saturated carbocycles. The monoisotopic (exact) mass is 230 g/mol. The number of imidazole rings is 1. The molecule has 4 nitrogen and oxygen atoms in total. The zero-order valence-corrected chi connectivity index (χ0v) is 10.1. The van der Waals surface area contributed by atoms with E-state index in [1.165, 1.54) is 18.4 Å². The molecule has 3 rings (SSSR count). The van der Waals surface area contributed by atoms with Gasteiger partial charge in [-0.25, -0.2) is 4.98 Å². The number of anilines is 1. The van der Waals surface area contributed by atoms with Gasteiger partial charge in [0, 0.05) is 12.6 Å². The number of hydrogen-bond acceptors (Lipinski definition) is 3. The first-order valence-corrected chi connectivity index (χ1v) is 6.20. The second-order valence-corrected chi connectivity index (χ2v) is 4.82. The highest BCUT2D eigenvalue weighted by Gasteiger charge is 2.17. The van der Waals surface area contributed by atoms with Gasteiger partial charge in [0.25, 0.3) is 0 Å². The highest BCUT2D eigenvalue weighted by molar-refractivity contribution is 5.81. The Morgan fingerprint density at radius 2 is 2.41 bits per heavy atom. The van der Waals surface area contributed by atoms with Crippen LogP contribution in [0.25, 0.3) is 11.0 Å². The zero-order chi connectivity index (χ0) is 11.8. The third kappa shape index (κ3) is 1.78. The van der Waals surface area contributed by atoms with Crippen molar-refractivity contribution in [3.63, 3.8) is 0 Å². The van der Waals surface area contributed by atoms with Crippen LogP contribution in [0.5, 0.6) is 0 Å². The Labute approximate surface area is 101 Å². The molecule has 0 spiro atoms. The van der Waals surface area contributed by atoms with E-state index in [9.17, 15) is 0 Å². The minimum absolute atomic E-state index is 0.537. The van der Waals surface area contributed by atoms with Gasteiger partial charge in [0.1, 0.15) is 0 Å². The SMILES string of the molecule is Cc1cccc2c1nc(N)n2CC1CCCN1. The van der Waals surface area contributed by atoms with Gasteiger partial charge >= 0.3 is 0 Å². The summed E-state index contributed by atoms with van der Waals surface area (Å²) in [5, 5.41) is 3.50. The summed E-state index contributed by atoms with van der Waals surface area (Å²) in [6, 6.07) is 6.78. The molecule has 1 aromatic heterocycles. The number of nitrogens with one attached hydrogen (secondary N) is 1. The average Bonchev–Trinajstić information content (AvgIpc) is 2.91. The average molecular weight is 230 g/mol. The lowest BCUT2D eigenvalue weighted by atomic mass is 10.2. The van der Waals surface area contributed by atoms with Crippen LogP contribution in [-0.2, 0) is 6.54 Å². The summed E-state index contributed by atoms with van der Waals surface area (Å²) in [6.45, 7) is 4.12. The third-order valence-corrected chi connectivity index (χ3v) is 3.58. The van der Waals surface area contributed by atoms with Gasteiger partial charge in [0.05, 0.1) is 11.0 Å². The Morgan fingerprint density at radius 1 is 1.53 bits per heavy atom. The van der Waals surface area contributed by atoms with Crippen LogP contribution in [0.1, 0.15) is 18.4 Å². The van der Waals surface area contributed by atoms with Crippen molar-refractivity contribution in [1.82, 2.24) is 14.9 Å². The molecule has 1 fully saturated rings. The molecular formula is C13H18N4. The second kappa shape index (κ2) is 4.04. The second-order valence-electron chi connectivity index (χ2n) is 4.82. The molecule has 1 aliphatic heterocycles. The van der Waals surface area contributed by atoms with Crippen LogP contribution < -0.4 is 11.1 Å². The molecule has 0 radical (unpaired) electrons. The maximum absolute atomic E-state index is 6.02. The third-order valence-electron chi connectivity index (χ3n) is 3.58. The molecule has 1 unspecified atom stereocenters. The van der Waals surface area contributed by atoms with Crippen LogP contribution >= 0.6 is 0 Å². The first-order valence-electron chi connectivity index (χ1n) is 6.20. The van der Waals surface area contributed by atoms with Crippen LogP contribution in [0.4, 0.5) is 5.95 Å². The summed E-state index contributed by atoms with van der Waals surface area (Å²) < 4.78 is 2.13. The van der Waals surface area contributed by atoms with E-state index in [-0.39, 0.29) is 0 Å². The Kier molecular flexibility index (Phi) is 2.52. The van der Waals surface area contributed by atoms with Crippen molar-refractivity contribution in [3.05, 3.63) is 23.8 Å². The van der Waals surface area contributed by atoms with Crippen molar-refractivity contribution < 1.29 is 0 Å². The van der Waals surface area contributed by atoms with Gasteiger partial charge in [0.15, 0.2) is 0 Å². The molecule has 0 aliphatic carbocycles.